The number of ether oxygens (including phenoxy) is 3. The fourth-order valence-corrected chi connectivity index (χ4v) is 6.98. The molecule has 1 saturated heterocycles. The predicted octanol–water partition coefficient (Wildman–Crippen LogP) is 6.85. The van der Waals surface area contributed by atoms with E-state index < -0.39 is 30.0 Å². The van der Waals surface area contributed by atoms with Gasteiger partial charge in [-0.2, -0.15) is 0 Å². The maximum atomic E-state index is 16.2. The molecule has 1 aromatic heterocycles. The van der Waals surface area contributed by atoms with Crippen LogP contribution >= 0.6 is 23.2 Å². The number of carbonyl (C=O) groups excluding carboxylic acids is 2. The largest absolute Gasteiger partial charge is 0.492 e. The molecule has 1 saturated carbocycles. The Labute approximate surface area is 293 Å². The Bertz CT molecular complexity index is 1990. The zero-order valence-corrected chi connectivity index (χ0v) is 29.1. The molecule has 2 aliphatic rings. The van der Waals surface area contributed by atoms with Gasteiger partial charge in [-0.3, -0.25) is 9.59 Å². The van der Waals surface area contributed by atoms with Gasteiger partial charge in [0.05, 0.1) is 40.2 Å². The lowest BCUT2D eigenvalue weighted by Gasteiger charge is -2.35. The number of nitrogens with one attached hydrogen (secondary N) is 2. The summed E-state index contributed by atoms with van der Waals surface area (Å²) >= 11 is 12.6. The first-order valence-corrected chi connectivity index (χ1v) is 16.8. The zero-order valence-electron chi connectivity index (χ0n) is 27.6. The third-order valence-corrected chi connectivity index (χ3v) is 9.62. The summed E-state index contributed by atoms with van der Waals surface area (Å²) in [5.41, 5.74) is 2.03. The molecular formula is C36H37Cl2FN4O6. The van der Waals surface area contributed by atoms with Crippen LogP contribution in [0.4, 0.5) is 21.5 Å². The summed E-state index contributed by atoms with van der Waals surface area (Å²) in [5.74, 6) is -1.95. The minimum Gasteiger partial charge on any atom is -0.492 e. The van der Waals surface area contributed by atoms with Gasteiger partial charge in [0.15, 0.2) is 11.6 Å². The topological polar surface area (TPSA) is 111 Å². The molecule has 6 rings (SSSR count). The Morgan fingerprint density at radius 3 is 2.45 bits per heavy atom. The van der Waals surface area contributed by atoms with E-state index in [-0.39, 0.29) is 40.8 Å². The molecule has 0 amide bonds. The van der Waals surface area contributed by atoms with Crippen molar-refractivity contribution in [2.24, 2.45) is 0 Å². The molecule has 258 valence electrons. The number of para-hydroxylation sites is 2. The van der Waals surface area contributed by atoms with E-state index in [9.17, 15) is 14.4 Å². The summed E-state index contributed by atoms with van der Waals surface area (Å²) in [4.78, 5) is 42.3. The molecule has 0 bridgehead atoms. The standard InChI is InChI=1S/C36H37Cl2FN4O6/c1-19-17-42(15-14-40-19)33-30(39)20(2)28-32(35(33)47-4)43(23-12-13-23)21(3)29(34(28)45)36(46)49-18-48-27(44)16-22-8-5-6-11-26(22)41-31-24(37)9-7-10-25(31)38/h5-11,19,23,40-41H,12-18H2,1-4H3. The van der Waals surface area contributed by atoms with Crippen LogP contribution in [0, 0.1) is 19.7 Å². The molecule has 1 aliphatic heterocycles. The van der Waals surface area contributed by atoms with Crippen molar-refractivity contribution >= 4 is 63.1 Å². The SMILES string of the molecule is COc1c(N2CCNC(C)C2)c(F)c(C)c2c(=O)c(C(=O)OCOC(=O)Cc3ccccc3Nc3c(Cl)cccc3Cl)c(C)n(C3CC3)c12. The number of esters is 2. The average molecular weight is 712 g/mol. The van der Waals surface area contributed by atoms with E-state index in [1.807, 2.05) is 16.4 Å². The molecule has 1 unspecified atom stereocenters. The molecule has 2 fully saturated rings. The number of piperazine rings is 1. The highest BCUT2D eigenvalue weighted by molar-refractivity contribution is 6.39. The van der Waals surface area contributed by atoms with E-state index in [0.29, 0.717) is 63.5 Å². The summed E-state index contributed by atoms with van der Waals surface area (Å²) in [6.45, 7) is 6.32. The Morgan fingerprint density at radius 2 is 1.78 bits per heavy atom. The van der Waals surface area contributed by atoms with Gasteiger partial charge in [-0.15, -0.1) is 0 Å². The Hall–Kier alpha value is -4.32. The lowest BCUT2D eigenvalue weighted by molar-refractivity contribution is -0.151. The van der Waals surface area contributed by atoms with Gasteiger partial charge in [0.1, 0.15) is 11.3 Å². The van der Waals surface area contributed by atoms with Crippen LogP contribution in [0.1, 0.15) is 53.0 Å². The number of benzene rings is 3. The van der Waals surface area contributed by atoms with Crippen molar-refractivity contribution in [2.75, 3.05) is 43.8 Å². The van der Waals surface area contributed by atoms with Gasteiger partial charge in [0, 0.05) is 48.7 Å². The highest BCUT2D eigenvalue weighted by atomic mass is 35.5. The van der Waals surface area contributed by atoms with Crippen molar-refractivity contribution in [1.82, 2.24) is 9.88 Å². The normalized spacial score (nSPS) is 16.1. The highest BCUT2D eigenvalue weighted by Crippen LogP contribution is 2.46. The van der Waals surface area contributed by atoms with Gasteiger partial charge >= 0.3 is 11.9 Å². The van der Waals surface area contributed by atoms with Crippen molar-refractivity contribution < 1.29 is 28.2 Å². The van der Waals surface area contributed by atoms with Gasteiger partial charge < -0.3 is 34.3 Å². The van der Waals surface area contributed by atoms with Crippen molar-refractivity contribution in [2.45, 2.75) is 52.1 Å². The lowest BCUT2D eigenvalue weighted by atomic mass is 10.00. The molecule has 4 aromatic rings. The summed E-state index contributed by atoms with van der Waals surface area (Å²) in [7, 11) is 1.46. The molecule has 10 nitrogen and oxygen atoms in total. The average Bonchev–Trinajstić information content (AvgIpc) is 3.90. The van der Waals surface area contributed by atoms with Crippen molar-refractivity contribution in [1.29, 1.82) is 0 Å². The smallest absolute Gasteiger partial charge is 0.346 e. The van der Waals surface area contributed by atoms with E-state index >= 15 is 4.39 Å². The number of nitrogens with zero attached hydrogens (tertiary/aromatic N) is 2. The molecule has 2 N–H and O–H groups in total. The van der Waals surface area contributed by atoms with Crippen LogP contribution < -0.4 is 25.7 Å². The fourth-order valence-electron chi connectivity index (χ4n) is 6.49. The molecule has 49 heavy (non-hydrogen) atoms. The van der Waals surface area contributed by atoms with E-state index in [2.05, 4.69) is 10.6 Å². The molecular weight excluding hydrogens is 674 g/mol. The number of fused-ring (bicyclic) bond motifs is 1. The number of methoxy groups -OCH3 is 1. The Kier molecular flexibility index (Phi) is 10.1. The first-order chi connectivity index (χ1) is 23.5. The van der Waals surface area contributed by atoms with Gasteiger partial charge in [0.2, 0.25) is 12.2 Å². The molecule has 1 aliphatic carbocycles. The van der Waals surface area contributed by atoms with Gasteiger partial charge in [-0.25, -0.2) is 9.18 Å². The molecule has 1 atom stereocenters. The molecule has 0 radical (unpaired) electrons. The first-order valence-electron chi connectivity index (χ1n) is 16.1. The van der Waals surface area contributed by atoms with E-state index in [1.165, 1.54) is 7.11 Å². The van der Waals surface area contributed by atoms with Crippen LogP contribution in [-0.4, -0.2) is 56.1 Å². The Morgan fingerprint density at radius 1 is 1.06 bits per heavy atom. The van der Waals surface area contributed by atoms with Crippen LogP contribution in [-0.2, 0) is 20.7 Å². The highest BCUT2D eigenvalue weighted by Gasteiger charge is 2.35. The summed E-state index contributed by atoms with van der Waals surface area (Å²) in [6, 6.07) is 12.3. The number of anilines is 3. The monoisotopic (exact) mass is 710 g/mol. The van der Waals surface area contributed by atoms with E-state index in [0.717, 1.165) is 12.8 Å². The first kappa shape index (κ1) is 34.5. The second-order valence-corrected chi connectivity index (χ2v) is 13.2. The van der Waals surface area contributed by atoms with Crippen LogP contribution in [0.5, 0.6) is 5.75 Å². The minimum absolute atomic E-state index is 0.00430. The molecule has 13 heteroatoms. The van der Waals surface area contributed by atoms with Crippen molar-refractivity contribution in [3.8, 4) is 5.75 Å². The number of halogens is 3. The molecule has 0 spiro atoms. The van der Waals surface area contributed by atoms with Crippen LogP contribution in [0.25, 0.3) is 10.9 Å². The van der Waals surface area contributed by atoms with Crippen molar-refractivity contribution in [3.63, 3.8) is 0 Å². The lowest BCUT2D eigenvalue weighted by Crippen LogP contribution is -2.49. The van der Waals surface area contributed by atoms with E-state index in [4.69, 9.17) is 37.4 Å². The number of rotatable bonds is 10. The second kappa shape index (κ2) is 14.3. The third-order valence-electron chi connectivity index (χ3n) is 8.99. The second-order valence-electron chi connectivity index (χ2n) is 12.4. The maximum Gasteiger partial charge on any atom is 0.346 e. The van der Waals surface area contributed by atoms with Gasteiger partial charge in [0.25, 0.3) is 0 Å². The minimum atomic E-state index is -0.971. The summed E-state index contributed by atoms with van der Waals surface area (Å²) in [5, 5.41) is 7.41. The van der Waals surface area contributed by atoms with E-state index in [1.54, 1.807) is 56.3 Å². The number of carbonyl (C=O) groups is 2. The van der Waals surface area contributed by atoms with Gasteiger partial charge in [-0.1, -0.05) is 47.5 Å². The number of aryl methyl sites for hydroxylation is 1. The van der Waals surface area contributed by atoms with Crippen LogP contribution in [0.3, 0.4) is 0 Å². The summed E-state index contributed by atoms with van der Waals surface area (Å²) in [6.07, 6.45) is 1.49. The Balaban J connectivity index is 1.25. The number of pyridine rings is 1. The molecule has 3 aromatic carbocycles. The number of aromatic nitrogens is 1. The zero-order chi connectivity index (χ0) is 35.0. The predicted molar refractivity (Wildman–Crippen MR) is 188 cm³/mol. The summed E-state index contributed by atoms with van der Waals surface area (Å²) < 4.78 is 34.6. The van der Waals surface area contributed by atoms with Gasteiger partial charge in [-0.05, 0) is 57.4 Å². The maximum absolute atomic E-state index is 16.2. The quantitative estimate of drug-likeness (QED) is 0.135. The van der Waals surface area contributed by atoms with Crippen LogP contribution in [0.2, 0.25) is 10.0 Å². The number of hydrogen-bond donors (Lipinski definition) is 2. The third kappa shape index (κ3) is 6.79. The van der Waals surface area contributed by atoms with Crippen molar-refractivity contribution in [3.05, 3.63) is 90.9 Å². The molecule has 2 heterocycles. The van der Waals surface area contributed by atoms with Crippen LogP contribution in [0.15, 0.2) is 47.3 Å². The fraction of sp³-hybridized carbons (Fsp3) is 0.361. The number of hydrogen-bond acceptors (Lipinski definition) is 9.